The Morgan fingerprint density at radius 1 is 0.310 bits per heavy atom. The first kappa shape index (κ1) is 34.0. The van der Waals surface area contributed by atoms with Crippen LogP contribution in [-0.2, 0) is 0 Å². The van der Waals surface area contributed by atoms with E-state index in [1.165, 1.54) is 86.2 Å². The summed E-state index contributed by atoms with van der Waals surface area (Å²) in [6, 6.07) is 82.0. The van der Waals surface area contributed by atoms with Crippen molar-refractivity contribution in [1.82, 2.24) is 0 Å². The van der Waals surface area contributed by atoms with Crippen LogP contribution in [0.5, 0.6) is 0 Å². The molecule has 0 atom stereocenters. The van der Waals surface area contributed by atoms with Gasteiger partial charge in [-0.3, -0.25) is 0 Å². The highest BCUT2D eigenvalue weighted by atomic mass is 32.1. The van der Waals surface area contributed by atoms with Gasteiger partial charge in [-0.1, -0.05) is 176 Å². The summed E-state index contributed by atoms with van der Waals surface area (Å²) in [6.45, 7) is 0. The number of hydrogen-bond acceptors (Lipinski definition) is 2. The average Bonchev–Trinajstić information content (AvgIpc) is 3.69. The Bertz CT molecular complexity index is 3240. The summed E-state index contributed by atoms with van der Waals surface area (Å²) in [5.41, 5.74) is 13.0. The minimum Gasteiger partial charge on any atom is -0.310 e. The second kappa shape index (κ2) is 14.4. The van der Waals surface area contributed by atoms with Gasteiger partial charge in [0.1, 0.15) is 0 Å². The third-order valence-corrected chi connectivity index (χ3v) is 12.6. The van der Waals surface area contributed by atoms with E-state index in [9.17, 15) is 0 Å². The Kier molecular flexibility index (Phi) is 8.42. The number of benzene rings is 10. The maximum atomic E-state index is 2.45. The molecule has 1 aromatic heterocycles. The van der Waals surface area contributed by atoms with E-state index in [-0.39, 0.29) is 0 Å². The van der Waals surface area contributed by atoms with Crippen LogP contribution in [0.2, 0.25) is 0 Å². The molecule has 0 amide bonds. The van der Waals surface area contributed by atoms with Gasteiger partial charge in [0, 0.05) is 37.1 Å². The van der Waals surface area contributed by atoms with Crippen molar-refractivity contribution in [1.29, 1.82) is 0 Å². The number of nitrogens with zero attached hydrogens (tertiary/aromatic N) is 1. The molecule has 0 N–H and O–H groups in total. The van der Waals surface area contributed by atoms with Crippen LogP contribution in [0.25, 0.3) is 86.2 Å². The van der Waals surface area contributed by atoms with Gasteiger partial charge in [0.05, 0.1) is 5.69 Å². The minimum absolute atomic E-state index is 1.10. The Labute approximate surface area is 342 Å². The van der Waals surface area contributed by atoms with E-state index in [0.717, 1.165) is 17.1 Å². The topological polar surface area (TPSA) is 3.24 Å². The van der Waals surface area contributed by atoms with Crippen LogP contribution < -0.4 is 4.90 Å². The summed E-state index contributed by atoms with van der Waals surface area (Å²) >= 11 is 1.86. The van der Waals surface area contributed by atoms with Gasteiger partial charge in [-0.15, -0.1) is 11.3 Å². The van der Waals surface area contributed by atoms with Crippen LogP contribution in [0.1, 0.15) is 0 Å². The van der Waals surface area contributed by atoms with Crippen molar-refractivity contribution in [2.45, 2.75) is 0 Å². The van der Waals surface area contributed by atoms with Gasteiger partial charge in [0.15, 0.2) is 0 Å². The fraction of sp³-hybridized carbons (Fsp3) is 0. The second-order valence-electron chi connectivity index (χ2n) is 14.9. The molecule has 0 saturated heterocycles. The molecule has 0 aliphatic carbocycles. The molecule has 10 aromatic carbocycles. The summed E-state index contributed by atoms with van der Waals surface area (Å²) < 4.78 is 2.58. The van der Waals surface area contributed by atoms with Gasteiger partial charge in [-0.05, 0) is 109 Å². The van der Waals surface area contributed by atoms with Crippen molar-refractivity contribution in [3.8, 4) is 44.5 Å². The molecule has 272 valence electrons. The van der Waals surface area contributed by atoms with Crippen molar-refractivity contribution in [2.24, 2.45) is 0 Å². The molecule has 0 saturated carbocycles. The van der Waals surface area contributed by atoms with Crippen molar-refractivity contribution in [2.75, 3.05) is 4.90 Å². The van der Waals surface area contributed by atoms with Crippen molar-refractivity contribution >= 4 is 70.1 Å². The molecule has 0 bridgehead atoms. The maximum absolute atomic E-state index is 2.45. The molecular weight excluding hydrogens is 719 g/mol. The van der Waals surface area contributed by atoms with Gasteiger partial charge in [0.25, 0.3) is 0 Å². The average molecular weight is 756 g/mol. The molecule has 0 aliphatic rings. The number of rotatable bonds is 7. The van der Waals surface area contributed by atoms with E-state index in [0.29, 0.717) is 0 Å². The molecule has 0 fully saturated rings. The number of anilines is 3. The first-order chi connectivity index (χ1) is 28.8. The normalized spacial score (nSPS) is 11.4. The third-order valence-electron chi connectivity index (χ3n) is 11.5. The Balaban J connectivity index is 1.12. The molecule has 11 rings (SSSR count). The van der Waals surface area contributed by atoms with Crippen molar-refractivity contribution < 1.29 is 0 Å². The summed E-state index contributed by atoms with van der Waals surface area (Å²) in [4.78, 5) is 2.45. The first-order valence-electron chi connectivity index (χ1n) is 19.8. The predicted molar refractivity (Wildman–Crippen MR) is 251 cm³/mol. The van der Waals surface area contributed by atoms with E-state index < -0.39 is 0 Å². The molecule has 0 radical (unpaired) electrons. The quantitative estimate of drug-likeness (QED) is 0.146. The van der Waals surface area contributed by atoms with Crippen LogP contribution in [0.15, 0.2) is 224 Å². The van der Waals surface area contributed by atoms with E-state index in [1.807, 2.05) is 11.3 Å². The van der Waals surface area contributed by atoms with E-state index in [2.05, 4.69) is 229 Å². The molecule has 11 aromatic rings. The lowest BCUT2D eigenvalue weighted by atomic mass is 9.93. The van der Waals surface area contributed by atoms with E-state index >= 15 is 0 Å². The Morgan fingerprint density at radius 2 is 0.793 bits per heavy atom. The molecular formula is C56H37NS. The molecule has 58 heavy (non-hydrogen) atoms. The highest BCUT2D eigenvalue weighted by Crippen LogP contribution is 2.49. The lowest BCUT2D eigenvalue weighted by Crippen LogP contribution is -2.11. The van der Waals surface area contributed by atoms with Crippen LogP contribution >= 0.6 is 11.3 Å². The minimum atomic E-state index is 1.10. The van der Waals surface area contributed by atoms with Gasteiger partial charge in [-0.2, -0.15) is 0 Å². The lowest BCUT2D eigenvalue weighted by molar-refractivity contribution is 1.29. The monoisotopic (exact) mass is 755 g/mol. The number of hydrogen-bond donors (Lipinski definition) is 0. The smallest absolute Gasteiger partial charge is 0.0547 e. The fourth-order valence-corrected chi connectivity index (χ4v) is 9.80. The largest absolute Gasteiger partial charge is 0.310 e. The van der Waals surface area contributed by atoms with Crippen molar-refractivity contribution in [3.63, 3.8) is 0 Å². The predicted octanol–water partition coefficient (Wildman–Crippen LogP) is 16.5. The highest BCUT2D eigenvalue weighted by Gasteiger charge is 2.22. The molecule has 1 heterocycles. The van der Waals surface area contributed by atoms with Gasteiger partial charge in [0.2, 0.25) is 0 Å². The third kappa shape index (κ3) is 5.94. The van der Waals surface area contributed by atoms with E-state index in [1.54, 1.807) is 0 Å². The summed E-state index contributed by atoms with van der Waals surface area (Å²) in [6.07, 6.45) is 0. The van der Waals surface area contributed by atoms with Gasteiger partial charge in [-0.25, -0.2) is 0 Å². The number of fused-ring (bicyclic) bond motifs is 6. The Hall–Kier alpha value is -7.26. The zero-order chi connectivity index (χ0) is 38.4. The zero-order valence-corrected chi connectivity index (χ0v) is 32.5. The van der Waals surface area contributed by atoms with Gasteiger partial charge < -0.3 is 4.90 Å². The molecule has 0 unspecified atom stereocenters. The van der Waals surface area contributed by atoms with E-state index in [4.69, 9.17) is 0 Å². The van der Waals surface area contributed by atoms with Crippen LogP contribution in [0, 0.1) is 0 Å². The molecule has 0 aliphatic heterocycles. The number of thiophene rings is 1. The van der Waals surface area contributed by atoms with Crippen molar-refractivity contribution in [3.05, 3.63) is 224 Å². The zero-order valence-electron chi connectivity index (χ0n) is 31.7. The lowest BCUT2D eigenvalue weighted by Gasteiger charge is -2.29. The highest BCUT2D eigenvalue weighted by molar-refractivity contribution is 7.26. The first-order valence-corrected chi connectivity index (χ1v) is 20.7. The summed E-state index contributed by atoms with van der Waals surface area (Å²) in [5, 5.41) is 7.64. The fourth-order valence-electron chi connectivity index (χ4n) is 8.69. The summed E-state index contributed by atoms with van der Waals surface area (Å²) in [5.74, 6) is 0. The SMILES string of the molecule is c1ccc(-c2ccc(-c3c(N(c4ccc(-c5ccccc5)cc4)c4ccc(-c5cc6ccccc6c6ccccc56)cc4)ccc4sc5ccccc5c34)cc2)cc1. The maximum Gasteiger partial charge on any atom is 0.0547 e. The molecule has 2 heteroatoms. The Morgan fingerprint density at radius 3 is 1.45 bits per heavy atom. The summed E-state index contributed by atoms with van der Waals surface area (Å²) in [7, 11) is 0. The molecule has 1 nitrogen and oxygen atoms in total. The van der Waals surface area contributed by atoms with Gasteiger partial charge >= 0.3 is 0 Å². The standard InChI is InChI=1S/C56H37NS/c1-3-13-38(14-4-1)40-23-25-43(26-24-40)55-52(35-36-54-56(55)50-21-11-12-22-53(50)58-54)57(45-31-27-41(28-32-45)39-15-5-2-6-16-39)46-33-29-42(30-34-46)51-37-44-17-7-8-18-47(44)48-19-9-10-20-49(48)51/h1-37H. The second-order valence-corrected chi connectivity index (χ2v) is 15.9. The van der Waals surface area contributed by atoms with Crippen LogP contribution in [-0.4, -0.2) is 0 Å². The van der Waals surface area contributed by atoms with Crippen LogP contribution in [0.3, 0.4) is 0 Å². The van der Waals surface area contributed by atoms with Crippen LogP contribution in [0.4, 0.5) is 17.1 Å². The molecule has 0 spiro atoms.